The predicted octanol–water partition coefficient (Wildman–Crippen LogP) is 5.51. The molecule has 0 bridgehead atoms. The molecule has 1 saturated carbocycles. The summed E-state index contributed by atoms with van der Waals surface area (Å²) in [6.45, 7) is 0.390. The van der Waals surface area contributed by atoms with Crippen LogP contribution in [-0.4, -0.2) is 36.0 Å². The highest BCUT2D eigenvalue weighted by Gasteiger charge is 2.37. The first-order valence-corrected chi connectivity index (χ1v) is 13.2. The van der Waals surface area contributed by atoms with Gasteiger partial charge in [0.15, 0.2) is 5.03 Å². The van der Waals surface area contributed by atoms with Gasteiger partial charge in [0.05, 0.1) is 11.3 Å². The first-order valence-electron chi connectivity index (χ1n) is 11.7. The number of carboxylic acid groups (broad SMARTS) is 1. The lowest BCUT2D eigenvalue weighted by Crippen LogP contribution is -2.17. The molecule has 2 heterocycles. The van der Waals surface area contributed by atoms with Gasteiger partial charge in [0, 0.05) is 18.5 Å². The number of carboxylic acids is 1. The van der Waals surface area contributed by atoms with Gasteiger partial charge in [0.2, 0.25) is 0 Å². The van der Waals surface area contributed by atoms with E-state index >= 15 is 0 Å². The molecule has 37 heavy (non-hydrogen) atoms. The van der Waals surface area contributed by atoms with Gasteiger partial charge >= 0.3 is 12.1 Å². The number of benzene rings is 1. The second-order valence-corrected chi connectivity index (χ2v) is 10.3. The summed E-state index contributed by atoms with van der Waals surface area (Å²) in [5.41, 5.74) is -0.203. The Kier molecular flexibility index (Phi) is 7.67. The van der Waals surface area contributed by atoms with Crippen molar-refractivity contribution in [2.45, 2.75) is 49.2 Å². The fourth-order valence-corrected chi connectivity index (χ4v) is 4.85. The predicted molar refractivity (Wildman–Crippen MR) is 132 cm³/mol. The van der Waals surface area contributed by atoms with Crippen LogP contribution in [0.1, 0.15) is 49.1 Å². The minimum atomic E-state index is -4.68. The number of pyridine rings is 2. The number of alkyl halides is 3. The fraction of sp³-hybridized carbons (Fsp3) is 0.320. The summed E-state index contributed by atoms with van der Waals surface area (Å²) in [5.74, 6) is -0.739. The summed E-state index contributed by atoms with van der Waals surface area (Å²) in [4.78, 5) is 18.8. The highest BCUT2D eigenvalue weighted by Crippen LogP contribution is 2.46. The van der Waals surface area contributed by atoms with E-state index in [0.717, 1.165) is 30.5 Å². The normalized spacial score (nSPS) is 13.8. The van der Waals surface area contributed by atoms with E-state index in [4.69, 9.17) is 5.11 Å². The van der Waals surface area contributed by atoms with Crippen LogP contribution in [0.15, 0.2) is 59.6 Å². The molecule has 0 saturated heterocycles. The van der Waals surface area contributed by atoms with Crippen LogP contribution in [0.25, 0.3) is 11.3 Å². The molecule has 196 valence electrons. The van der Waals surface area contributed by atoms with E-state index in [0.29, 0.717) is 24.9 Å². The van der Waals surface area contributed by atoms with Gasteiger partial charge in [-0.3, -0.25) is 9.52 Å². The number of unbranched alkanes of at least 4 members (excludes halogenated alkanes) is 1. The van der Waals surface area contributed by atoms with Crippen LogP contribution in [0.2, 0.25) is 0 Å². The summed E-state index contributed by atoms with van der Waals surface area (Å²) in [6, 6.07) is 12.8. The third-order valence-electron chi connectivity index (χ3n) is 5.80. The Labute approximate surface area is 212 Å². The Morgan fingerprint density at radius 3 is 2.43 bits per heavy atom. The number of hydrogen-bond acceptors (Lipinski definition) is 6. The van der Waals surface area contributed by atoms with Crippen molar-refractivity contribution in [3.63, 3.8) is 0 Å². The van der Waals surface area contributed by atoms with Crippen molar-refractivity contribution >= 4 is 27.6 Å². The van der Waals surface area contributed by atoms with Crippen molar-refractivity contribution in [1.29, 1.82) is 0 Å². The van der Waals surface area contributed by atoms with Crippen LogP contribution in [0.4, 0.5) is 24.8 Å². The molecule has 2 aromatic heterocycles. The van der Waals surface area contributed by atoms with Crippen molar-refractivity contribution in [2.24, 2.45) is 0 Å². The minimum Gasteiger partial charge on any atom is -0.481 e. The second-order valence-electron chi connectivity index (χ2n) is 8.70. The molecule has 1 aliphatic carbocycles. The van der Waals surface area contributed by atoms with Gasteiger partial charge in [-0.15, -0.1) is 0 Å². The van der Waals surface area contributed by atoms with Crippen LogP contribution in [0.5, 0.6) is 0 Å². The van der Waals surface area contributed by atoms with Gasteiger partial charge in [-0.05, 0) is 61.4 Å². The molecular formula is C25H25F3N4O4S. The monoisotopic (exact) mass is 534 g/mol. The molecule has 0 spiro atoms. The van der Waals surface area contributed by atoms with E-state index in [-0.39, 0.29) is 34.7 Å². The van der Waals surface area contributed by atoms with Gasteiger partial charge in [-0.25, -0.2) is 9.97 Å². The zero-order chi connectivity index (χ0) is 26.6. The fourth-order valence-electron chi connectivity index (χ4n) is 3.88. The van der Waals surface area contributed by atoms with Crippen LogP contribution in [0.3, 0.4) is 0 Å². The number of sulfonamides is 1. The lowest BCUT2D eigenvalue weighted by molar-refractivity contribution is -0.138. The van der Waals surface area contributed by atoms with E-state index in [9.17, 15) is 26.4 Å². The molecule has 4 rings (SSSR count). The summed E-state index contributed by atoms with van der Waals surface area (Å²) in [6.07, 6.45) is -1.90. The average Bonchev–Trinajstić information content (AvgIpc) is 3.68. The zero-order valence-electron chi connectivity index (χ0n) is 19.6. The summed E-state index contributed by atoms with van der Waals surface area (Å²) in [7, 11) is -4.27. The number of hydrogen-bond donors (Lipinski definition) is 3. The Balaban J connectivity index is 1.58. The van der Waals surface area contributed by atoms with Crippen LogP contribution in [-0.2, 0) is 21.0 Å². The van der Waals surface area contributed by atoms with Gasteiger partial charge in [0.25, 0.3) is 10.0 Å². The van der Waals surface area contributed by atoms with Gasteiger partial charge in [-0.2, -0.15) is 21.6 Å². The number of aromatic nitrogens is 2. The minimum absolute atomic E-state index is 0.0285. The molecule has 0 atom stereocenters. The maximum atomic E-state index is 13.8. The molecule has 0 radical (unpaired) electrons. The Bertz CT molecular complexity index is 1390. The number of rotatable bonds is 11. The molecule has 1 aromatic carbocycles. The Morgan fingerprint density at radius 1 is 0.973 bits per heavy atom. The van der Waals surface area contributed by atoms with Crippen molar-refractivity contribution < 1.29 is 31.5 Å². The molecule has 0 unspecified atom stereocenters. The number of nitrogens with zero attached hydrogens (tertiary/aromatic N) is 2. The molecule has 0 amide bonds. The first-order chi connectivity index (χ1) is 17.5. The SMILES string of the molecule is O=C(O)CCCCNc1cccc(S(=O)(=O)Nc2ccc(C(F)(F)F)c(-c3ccccc3C3CC3)n2)n1. The third kappa shape index (κ3) is 6.76. The summed E-state index contributed by atoms with van der Waals surface area (Å²) < 4.78 is 69.7. The molecule has 0 aliphatic heterocycles. The lowest BCUT2D eigenvalue weighted by Gasteiger charge is -2.17. The zero-order valence-corrected chi connectivity index (χ0v) is 20.4. The van der Waals surface area contributed by atoms with E-state index in [1.807, 2.05) is 0 Å². The van der Waals surface area contributed by atoms with E-state index in [2.05, 4.69) is 20.0 Å². The maximum absolute atomic E-state index is 13.8. The number of nitrogens with one attached hydrogen (secondary N) is 2. The highest BCUT2D eigenvalue weighted by atomic mass is 32.2. The smallest absolute Gasteiger partial charge is 0.418 e. The van der Waals surface area contributed by atoms with Gasteiger partial charge < -0.3 is 10.4 Å². The van der Waals surface area contributed by atoms with Crippen molar-refractivity contribution in [1.82, 2.24) is 9.97 Å². The van der Waals surface area contributed by atoms with E-state index < -0.39 is 27.7 Å². The number of halogens is 3. The molecule has 1 aliphatic rings. The van der Waals surface area contributed by atoms with E-state index in [1.165, 1.54) is 12.1 Å². The Hall–Kier alpha value is -3.67. The molecule has 1 fully saturated rings. The number of aliphatic carboxylic acids is 1. The van der Waals surface area contributed by atoms with Gasteiger partial charge in [0.1, 0.15) is 11.6 Å². The number of carbonyl (C=O) groups is 1. The van der Waals surface area contributed by atoms with Crippen molar-refractivity contribution in [2.75, 3.05) is 16.6 Å². The Morgan fingerprint density at radius 2 is 1.73 bits per heavy atom. The van der Waals surface area contributed by atoms with Crippen LogP contribution >= 0.6 is 0 Å². The standard InChI is InChI=1S/C25H25F3N4O4S/c26-25(27,28)19-13-14-21(31-24(19)18-7-2-1-6-17(18)16-11-12-16)32-37(35,36)22-9-5-8-20(30-22)29-15-4-3-10-23(33)34/h1-2,5-9,13-14,16H,3-4,10-12,15H2,(H,29,30)(H,31,32)(H,33,34). The molecular weight excluding hydrogens is 509 g/mol. The quantitative estimate of drug-likeness (QED) is 0.278. The topological polar surface area (TPSA) is 121 Å². The van der Waals surface area contributed by atoms with Crippen LogP contribution in [0, 0.1) is 0 Å². The molecule has 12 heteroatoms. The maximum Gasteiger partial charge on any atom is 0.418 e. The largest absolute Gasteiger partial charge is 0.481 e. The van der Waals surface area contributed by atoms with Crippen molar-refractivity contribution in [3.8, 4) is 11.3 Å². The summed E-state index contributed by atoms with van der Waals surface area (Å²) in [5, 5.41) is 11.3. The third-order valence-corrected chi connectivity index (χ3v) is 7.05. The first kappa shape index (κ1) is 26.4. The van der Waals surface area contributed by atoms with Gasteiger partial charge in [-0.1, -0.05) is 30.3 Å². The highest BCUT2D eigenvalue weighted by molar-refractivity contribution is 7.92. The molecule has 8 nitrogen and oxygen atoms in total. The number of anilines is 2. The summed E-state index contributed by atoms with van der Waals surface area (Å²) >= 11 is 0. The molecule has 3 N–H and O–H groups in total. The van der Waals surface area contributed by atoms with Crippen LogP contribution < -0.4 is 10.0 Å². The van der Waals surface area contributed by atoms with E-state index in [1.54, 1.807) is 30.3 Å². The van der Waals surface area contributed by atoms with Crippen molar-refractivity contribution in [3.05, 3.63) is 65.7 Å². The lowest BCUT2D eigenvalue weighted by atomic mass is 9.97. The average molecular weight is 535 g/mol. The molecule has 3 aromatic rings. The second kappa shape index (κ2) is 10.8.